The van der Waals surface area contributed by atoms with Gasteiger partial charge in [-0.1, -0.05) is 36.4 Å². The molecule has 2 N–H and O–H groups in total. The number of rotatable bonds is 7. The van der Waals surface area contributed by atoms with Gasteiger partial charge in [-0.3, -0.25) is 14.3 Å². The van der Waals surface area contributed by atoms with Crippen LogP contribution in [0.3, 0.4) is 0 Å². The number of carbonyl (C=O) groups is 1. The van der Waals surface area contributed by atoms with Gasteiger partial charge in [-0.05, 0) is 50.2 Å². The maximum atomic E-state index is 13.1. The summed E-state index contributed by atoms with van der Waals surface area (Å²) in [6, 6.07) is 17.4. The molecule has 4 rings (SSSR count). The molecule has 0 saturated carbocycles. The van der Waals surface area contributed by atoms with Crippen LogP contribution in [0.15, 0.2) is 83.9 Å². The average Bonchev–Trinajstić information content (AvgIpc) is 3.04. The highest BCUT2D eigenvalue weighted by Crippen LogP contribution is 2.32. The van der Waals surface area contributed by atoms with Crippen molar-refractivity contribution in [2.75, 3.05) is 10.6 Å². The van der Waals surface area contributed by atoms with Crippen LogP contribution in [-0.2, 0) is 7.05 Å². The SMILES string of the molecule is C=C(C)Nc1cc(Oc2ccc(NC(=O)c3c(C)n(C)n(-c4ccccc4)c3=O)cc2Cl)ccn1. The zero-order valence-corrected chi connectivity index (χ0v) is 20.3. The summed E-state index contributed by atoms with van der Waals surface area (Å²) in [7, 11) is 1.74. The highest BCUT2D eigenvalue weighted by Gasteiger charge is 2.22. The smallest absolute Gasteiger partial charge is 0.284 e. The first-order chi connectivity index (χ1) is 16.7. The molecular weight excluding hydrogens is 466 g/mol. The van der Waals surface area contributed by atoms with E-state index in [1.54, 1.807) is 67.3 Å². The van der Waals surface area contributed by atoms with E-state index >= 15 is 0 Å². The van der Waals surface area contributed by atoms with Gasteiger partial charge in [0.2, 0.25) is 0 Å². The van der Waals surface area contributed by atoms with Crippen molar-refractivity contribution in [3.63, 3.8) is 0 Å². The number of nitrogens with zero attached hydrogens (tertiary/aromatic N) is 3. The van der Waals surface area contributed by atoms with Gasteiger partial charge in [0, 0.05) is 30.7 Å². The number of anilines is 2. The second-order valence-electron chi connectivity index (χ2n) is 7.92. The molecule has 8 nitrogen and oxygen atoms in total. The van der Waals surface area contributed by atoms with Crippen LogP contribution in [0.4, 0.5) is 11.5 Å². The summed E-state index contributed by atoms with van der Waals surface area (Å²) in [5.74, 6) is 1.00. The van der Waals surface area contributed by atoms with Crippen LogP contribution in [0.1, 0.15) is 23.0 Å². The monoisotopic (exact) mass is 489 g/mol. The number of ether oxygens (including phenoxy) is 1. The number of para-hydroxylation sites is 1. The van der Waals surface area contributed by atoms with Gasteiger partial charge in [0.15, 0.2) is 0 Å². The molecule has 0 unspecified atom stereocenters. The van der Waals surface area contributed by atoms with E-state index in [-0.39, 0.29) is 5.56 Å². The summed E-state index contributed by atoms with van der Waals surface area (Å²) in [4.78, 5) is 30.3. The highest BCUT2D eigenvalue weighted by atomic mass is 35.5. The highest BCUT2D eigenvalue weighted by molar-refractivity contribution is 6.32. The van der Waals surface area contributed by atoms with Gasteiger partial charge in [-0.25, -0.2) is 9.67 Å². The molecule has 0 bridgehead atoms. The Bertz CT molecular complexity index is 1470. The third-order valence-corrected chi connectivity index (χ3v) is 5.57. The molecule has 4 aromatic rings. The lowest BCUT2D eigenvalue weighted by atomic mass is 10.2. The van der Waals surface area contributed by atoms with E-state index in [1.807, 2.05) is 25.1 Å². The van der Waals surface area contributed by atoms with Crippen LogP contribution < -0.4 is 20.9 Å². The van der Waals surface area contributed by atoms with Gasteiger partial charge in [-0.15, -0.1) is 0 Å². The number of hydrogen-bond donors (Lipinski definition) is 2. The molecule has 2 heterocycles. The Labute approximate surface area is 207 Å². The van der Waals surface area contributed by atoms with Crippen molar-refractivity contribution >= 4 is 29.0 Å². The van der Waals surface area contributed by atoms with Crippen molar-refractivity contribution in [2.24, 2.45) is 7.05 Å². The minimum absolute atomic E-state index is 0.0575. The Morgan fingerprint density at radius 3 is 2.51 bits per heavy atom. The molecule has 0 aliphatic carbocycles. The summed E-state index contributed by atoms with van der Waals surface area (Å²) < 4.78 is 8.98. The number of nitrogens with one attached hydrogen (secondary N) is 2. The molecule has 1 amide bonds. The van der Waals surface area contributed by atoms with Gasteiger partial charge < -0.3 is 15.4 Å². The minimum atomic E-state index is -0.521. The zero-order valence-electron chi connectivity index (χ0n) is 19.5. The zero-order chi connectivity index (χ0) is 25.1. The number of pyridine rings is 1. The first-order valence-corrected chi connectivity index (χ1v) is 11.1. The molecule has 0 spiro atoms. The molecule has 178 valence electrons. The van der Waals surface area contributed by atoms with E-state index < -0.39 is 11.5 Å². The molecule has 0 atom stereocenters. The minimum Gasteiger partial charge on any atom is -0.456 e. The predicted octanol–water partition coefficient (Wildman–Crippen LogP) is 5.52. The fourth-order valence-corrected chi connectivity index (χ4v) is 3.79. The molecule has 0 saturated heterocycles. The third kappa shape index (κ3) is 5.12. The molecule has 0 radical (unpaired) electrons. The quantitative estimate of drug-likeness (QED) is 0.356. The normalized spacial score (nSPS) is 10.6. The summed E-state index contributed by atoms with van der Waals surface area (Å²) in [5.41, 5.74) is 2.04. The van der Waals surface area contributed by atoms with Crippen LogP contribution in [-0.4, -0.2) is 20.3 Å². The van der Waals surface area contributed by atoms with E-state index in [2.05, 4.69) is 22.2 Å². The van der Waals surface area contributed by atoms with Crippen LogP contribution in [0.25, 0.3) is 5.69 Å². The summed E-state index contributed by atoms with van der Waals surface area (Å²) in [6.45, 7) is 7.35. The molecule has 2 aromatic carbocycles. The molecule has 0 aliphatic rings. The Morgan fingerprint density at radius 1 is 1.09 bits per heavy atom. The molecule has 9 heteroatoms. The maximum absolute atomic E-state index is 13.1. The van der Waals surface area contributed by atoms with Crippen LogP contribution >= 0.6 is 11.6 Å². The van der Waals surface area contributed by atoms with Crippen molar-refractivity contribution < 1.29 is 9.53 Å². The van der Waals surface area contributed by atoms with Crippen LogP contribution in [0.2, 0.25) is 5.02 Å². The second kappa shape index (κ2) is 9.90. The van der Waals surface area contributed by atoms with E-state index in [9.17, 15) is 9.59 Å². The Kier molecular flexibility index (Phi) is 6.75. The van der Waals surface area contributed by atoms with Crippen molar-refractivity contribution in [3.05, 3.63) is 106 Å². The third-order valence-electron chi connectivity index (χ3n) is 5.27. The van der Waals surface area contributed by atoms with E-state index in [4.69, 9.17) is 16.3 Å². The van der Waals surface area contributed by atoms with Crippen molar-refractivity contribution in [1.29, 1.82) is 0 Å². The van der Waals surface area contributed by atoms with Gasteiger partial charge >= 0.3 is 0 Å². The number of halogens is 1. The lowest BCUT2D eigenvalue weighted by Crippen LogP contribution is -2.25. The number of hydrogen-bond acceptors (Lipinski definition) is 5. The first kappa shape index (κ1) is 23.8. The van der Waals surface area contributed by atoms with Gasteiger partial charge in [0.25, 0.3) is 11.5 Å². The molecule has 0 fully saturated rings. The van der Waals surface area contributed by atoms with Gasteiger partial charge in [0.05, 0.1) is 16.4 Å². The van der Waals surface area contributed by atoms with E-state index in [1.165, 1.54) is 4.68 Å². The second-order valence-corrected chi connectivity index (χ2v) is 8.33. The van der Waals surface area contributed by atoms with Crippen molar-refractivity contribution in [1.82, 2.24) is 14.3 Å². The number of amides is 1. The summed E-state index contributed by atoms with van der Waals surface area (Å²) >= 11 is 6.41. The number of carbonyl (C=O) groups excluding carboxylic acids is 1. The lowest BCUT2D eigenvalue weighted by molar-refractivity contribution is 0.102. The van der Waals surface area contributed by atoms with Crippen LogP contribution in [0.5, 0.6) is 11.5 Å². The predicted molar refractivity (Wildman–Crippen MR) is 138 cm³/mol. The Morgan fingerprint density at radius 2 is 1.83 bits per heavy atom. The summed E-state index contributed by atoms with van der Waals surface area (Å²) in [6.07, 6.45) is 1.60. The average molecular weight is 490 g/mol. The number of aromatic nitrogens is 3. The topological polar surface area (TPSA) is 90.2 Å². The lowest BCUT2D eigenvalue weighted by Gasteiger charge is -2.11. The van der Waals surface area contributed by atoms with Crippen LogP contribution in [0, 0.1) is 6.92 Å². The number of benzene rings is 2. The van der Waals surface area contributed by atoms with Crippen molar-refractivity contribution in [3.8, 4) is 17.2 Å². The fraction of sp³-hybridized carbons (Fsp3) is 0.115. The van der Waals surface area contributed by atoms with E-state index in [0.29, 0.717) is 39.4 Å². The van der Waals surface area contributed by atoms with Gasteiger partial charge in [0.1, 0.15) is 22.9 Å². The standard InChI is InChI=1S/C26H24ClN5O3/c1-16(2)29-23-15-20(12-13-28-23)35-22-11-10-18(14-21(22)27)30-25(33)24-17(3)31(4)32(26(24)34)19-8-6-5-7-9-19/h5-15H,1H2,2-4H3,(H,28,29)(H,30,33). The number of allylic oxidation sites excluding steroid dienone is 1. The van der Waals surface area contributed by atoms with E-state index in [0.717, 1.165) is 5.70 Å². The van der Waals surface area contributed by atoms with Crippen molar-refractivity contribution in [2.45, 2.75) is 13.8 Å². The molecule has 0 aliphatic heterocycles. The fourth-order valence-electron chi connectivity index (χ4n) is 3.57. The largest absolute Gasteiger partial charge is 0.456 e. The first-order valence-electron chi connectivity index (χ1n) is 10.8. The Hall–Kier alpha value is -4.30. The molecular formula is C26H24ClN5O3. The molecule has 35 heavy (non-hydrogen) atoms. The van der Waals surface area contributed by atoms with Gasteiger partial charge in [-0.2, -0.15) is 0 Å². The summed E-state index contributed by atoms with van der Waals surface area (Å²) in [5, 5.41) is 6.07. The Balaban J connectivity index is 1.54. The molecule has 2 aromatic heterocycles. The maximum Gasteiger partial charge on any atom is 0.284 e.